The van der Waals surface area contributed by atoms with Crippen molar-refractivity contribution >= 4 is 17.7 Å². The highest BCUT2D eigenvalue weighted by molar-refractivity contribution is 5.96. The Balaban J connectivity index is 1.21. The molecule has 2 aromatic heterocycles. The highest BCUT2D eigenvalue weighted by Crippen LogP contribution is 2.24. The van der Waals surface area contributed by atoms with Crippen LogP contribution in [0.1, 0.15) is 47.3 Å². The van der Waals surface area contributed by atoms with E-state index in [-0.39, 0.29) is 0 Å². The van der Waals surface area contributed by atoms with Gasteiger partial charge in [0, 0.05) is 38.6 Å². The second kappa shape index (κ2) is 10.1. The minimum Gasteiger partial charge on any atom is -0.480 e. The summed E-state index contributed by atoms with van der Waals surface area (Å²) >= 11 is 0. The number of carboxylic acids is 1. The summed E-state index contributed by atoms with van der Waals surface area (Å²) in [5, 5.41) is 19.5. The maximum atomic E-state index is 12.3. The monoisotopic (exact) mass is 440 g/mol. The number of carbonyl (C=O) groups is 2. The first-order valence-corrected chi connectivity index (χ1v) is 11.5. The molecule has 0 radical (unpaired) electrons. The van der Waals surface area contributed by atoms with Crippen molar-refractivity contribution < 1.29 is 14.7 Å². The largest absolute Gasteiger partial charge is 0.480 e. The molecular weight excluding hydrogens is 408 g/mol. The molecule has 32 heavy (non-hydrogen) atoms. The first-order valence-electron chi connectivity index (χ1n) is 11.5. The molecule has 0 unspecified atom stereocenters. The zero-order chi connectivity index (χ0) is 22.5. The van der Waals surface area contributed by atoms with Gasteiger partial charge in [-0.2, -0.15) is 5.10 Å². The summed E-state index contributed by atoms with van der Waals surface area (Å²) in [4.78, 5) is 31.0. The number of hydrogen-bond donors (Lipinski definition) is 3. The van der Waals surface area contributed by atoms with Gasteiger partial charge < -0.3 is 20.6 Å². The highest BCUT2D eigenvalue weighted by atomic mass is 16.4. The molecule has 0 spiro atoms. The number of anilines is 1. The van der Waals surface area contributed by atoms with Crippen molar-refractivity contribution in [3.8, 4) is 0 Å². The average molecular weight is 441 g/mol. The van der Waals surface area contributed by atoms with Gasteiger partial charge in [-0.05, 0) is 62.6 Å². The van der Waals surface area contributed by atoms with Gasteiger partial charge in [-0.3, -0.25) is 9.48 Å². The van der Waals surface area contributed by atoms with E-state index >= 15 is 0 Å². The van der Waals surface area contributed by atoms with Gasteiger partial charge >= 0.3 is 5.97 Å². The molecule has 1 fully saturated rings. The van der Waals surface area contributed by atoms with Crippen LogP contribution < -0.4 is 10.6 Å². The number of nitrogens with zero attached hydrogens (tertiary/aromatic N) is 4. The van der Waals surface area contributed by atoms with Crippen LogP contribution in [0.3, 0.4) is 0 Å². The number of amides is 1. The first-order chi connectivity index (χ1) is 15.5. The fourth-order valence-electron chi connectivity index (χ4n) is 4.56. The summed E-state index contributed by atoms with van der Waals surface area (Å²) in [6, 6.07) is 3.45. The standard InChI is InChI=1S/C23H32N6O3/c1-28-15-18(13-25-28)22(30)27-20(23(31)32)9-12-29-11-8-16(14-29)4-6-19-7-5-17-3-2-10-24-21(17)26-19/h5,7,13,15-16,20H,2-4,6,8-12,14H2,1H3,(H,24,26)(H,27,30)(H,31,32)/t16-,20+/m1/s1. The fraction of sp³-hybridized carbons (Fsp3) is 0.565. The molecule has 0 aromatic carbocycles. The number of likely N-dealkylation sites (tertiary alicyclic amines) is 1. The molecule has 9 nitrogen and oxygen atoms in total. The maximum Gasteiger partial charge on any atom is 0.326 e. The van der Waals surface area contributed by atoms with Gasteiger partial charge in [-0.1, -0.05) is 6.07 Å². The van der Waals surface area contributed by atoms with Crippen molar-refractivity contribution in [1.29, 1.82) is 0 Å². The van der Waals surface area contributed by atoms with Crippen molar-refractivity contribution in [3.05, 3.63) is 41.3 Å². The quantitative estimate of drug-likeness (QED) is 0.544. The predicted molar refractivity (Wildman–Crippen MR) is 121 cm³/mol. The van der Waals surface area contributed by atoms with Crippen LogP contribution >= 0.6 is 0 Å². The lowest BCUT2D eigenvalue weighted by atomic mass is 10.00. The highest BCUT2D eigenvalue weighted by Gasteiger charge is 2.26. The van der Waals surface area contributed by atoms with E-state index in [1.54, 1.807) is 13.2 Å². The molecule has 1 saturated heterocycles. The Kier molecular flexibility index (Phi) is 7.04. The van der Waals surface area contributed by atoms with Crippen LogP contribution in [0, 0.1) is 5.92 Å². The van der Waals surface area contributed by atoms with Crippen LogP contribution in [0.15, 0.2) is 24.5 Å². The fourth-order valence-corrected chi connectivity index (χ4v) is 4.56. The van der Waals surface area contributed by atoms with E-state index in [1.165, 1.54) is 22.9 Å². The molecule has 0 bridgehead atoms. The van der Waals surface area contributed by atoms with Crippen molar-refractivity contribution in [2.75, 3.05) is 31.5 Å². The smallest absolute Gasteiger partial charge is 0.326 e. The molecule has 9 heteroatoms. The molecule has 0 aliphatic carbocycles. The third-order valence-corrected chi connectivity index (χ3v) is 6.44. The molecule has 2 aliphatic heterocycles. The Bertz CT molecular complexity index is 959. The first kappa shape index (κ1) is 22.3. The SMILES string of the molecule is Cn1cc(C(=O)N[C@@H](CCN2CC[C@@H](CCc3ccc4c(n3)NCCC4)C2)C(=O)O)cn1. The maximum absolute atomic E-state index is 12.3. The normalized spacial score (nSPS) is 19.2. The van der Waals surface area contributed by atoms with Gasteiger partial charge in [0.05, 0.1) is 11.8 Å². The summed E-state index contributed by atoms with van der Waals surface area (Å²) in [6.07, 6.45) is 8.83. The minimum absolute atomic E-state index is 0.367. The second-order valence-electron chi connectivity index (χ2n) is 8.89. The van der Waals surface area contributed by atoms with Crippen LogP contribution in [0.5, 0.6) is 0 Å². The molecule has 172 valence electrons. The van der Waals surface area contributed by atoms with Crippen LogP contribution in [0.4, 0.5) is 5.82 Å². The summed E-state index contributed by atoms with van der Waals surface area (Å²) < 4.78 is 1.52. The number of aryl methyl sites for hydroxylation is 3. The second-order valence-corrected chi connectivity index (χ2v) is 8.89. The summed E-state index contributed by atoms with van der Waals surface area (Å²) in [5.41, 5.74) is 2.82. The van der Waals surface area contributed by atoms with E-state index in [0.29, 0.717) is 24.4 Å². The lowest BCUT2D eigenvalue weighted by molar-refractivity contribution is -0.139. The number of fused-ring (bicyclic) bond motifs is 1. The van der Waals surface area contributed by atoms with Gasteiger partial charge in [0.2, 0.25) is 0 Å². The number of pyridine rings is 1. The number of aliphatic carboxylic acids is 1. The van der Waals surface area contributed by atoms with E-state index in [9.17, 15) is 14.7 Å². The summed E-state index contributed by atoms with van der Waals surface area (Å²) in [6.45, 7) is 3.58. The summed E-state index contributed by atoms with van der Waals surface area (Å²) in [5.74, 6) is 0.228. The molecule has 4 rings (SSSR count). The molecule has 2 atom stereocenters. The molecule has 3 N–H and O–H groups in total. The van der Waals surface area contributed by atoms with Gasteiger partial charge in [0.1, 0.15) is 11.9 Å². The van der Waals surface area contributed by atoms with E-state index in [0.717, 1.165) is 56.8 Å². The van der Waals surface area contributed by atoms with Crippen molar-refractivity contribution in [3.63, 3.8) is 0 Å². The number of aromatic nitrogens is 3. The number of nitrogens with one attached hydrogen (secondary N) is 2. The number of carboxylic acid groups (broad SMARTS) is 1. The molecule has 4 heterocycles. The van der Waals surface area contributed by atoms with Crippen molar-refractivity contribution in [1.82, 2.24) is 25.0 Å². The minimum atomic E-state index is -1.01. The van der Waals surface area contributed by atoms with Crippen LogP contribution in [-0.4, -0.2) is 68.9 Å². The third-order valence-electron chi connectivity index (χ3n) is 6.44. The van der Waals surface area contributed by atoms with E-state index in [2.05, 4.69) is 32.8 Å². The molecular formula is C23H32N6O3. The predicted octanol–water partition coefficient (Wildman–Crippen LogP) is 1.70. The van der Waals surface area contributed by atoms with E-state index in [4.69, 9.17) is 4.98 Å². The van der Waals surface area contributed by atoms with Gasteiger partial charge in [-0.25, -0.2) is 9.78 Å². The van der Waals surface area contributed by atoms with Gasteiger partial charge in [-0.15, -0.1) is 0 Å². The van der Waals surface area contributed by atoms with Gasteiger partial charge in [0.25, 0.3) is 5.91 Å². The lowest BCUT2D eigenvalue weighted by Gasteiger charge is -2.20. The topological polar surface area (TPSA) is 112 Å². The van der Waals surface area contributed by atoms with Crippen molar-refractivity contribution in [2.45, 2.75) is 44.6 Å². The number of hydrogen-bond acceptors (Lipinski definition) is 6. The zero-order valence-corrected chi connectivity index (χ0v) is 18.6. The van der Waals surface area contributed by atoms with Crippen LogP contribution in [0.2, 0.25) is 0 Å². The molecule has 1 amide bonds. The lowest BCUT2D eigenvalue weighted by Crippen LogP contribution is -2.42. The average Bonchev–Trinajstić information content (AvgIpc) is 3.43. The van der Waals surface area contributed by atoms with E-state index < -0.39 is 17.9 Å². The molecule has 2 aliphatic rings. The van der Waals surface area contributed by atoms with Crippen LogP contribution in [0.25, 0.3) is 0 Å². The Morgan fingerprint density at radius 1 is 1.38 bits per heavy atom. The summed E-state index contributed by atoms with van der Waals surface area (Å²) in [7, 11) is 1.72. The van der Waals surface area contributed by atoms with E-state index in [1.807, 2.05) is 0 Å². The number of carbonyl (C=O) groups excluding carboxylic acids is 1. The third kappa shape index (κ3) is 5.64. The Hall–Kier alpha value is -2.94. The molecule has 0 saturated carbocycles. The Morgan fingerprint density at radius 3 is 3.03 bits per heavy atom. The van der Waals surface area contributed by atoms with Gasteiger partial charge in [0.15, 0.2) is 0 Å². The molecule has 2 aromatic rings. The zero-order valence-electron chi connectivity index (χ0n) is 18.6. The number of rotatable bonds is 9. The Labute approximate surface area is 188 Å². The Morgan fingerprint density at radius 2 is 2.25 bits per heavy atom. The van der Waals surface area contributed by atoms with Crippen molar-refractivity contribution in [2.24, 2.45) is 13.0 Å². The van der Waals surface area contributed by atoms with Crippen LogP contribution in [-0.2, 0) is 24.7 Å².